The lowest BCUT2D eigenvalue weighted by Gasteiger charge is -2.24. The number of carbonyl (C=O) groups excluding carboxylic acids is 1. The maximum Gasteiger partial charge on any atom is 0.307 e. The van der Waals surface area contributed by atoms with Gasteiger partial charge in [-0.2, -0.15) is 0 Å². The van der Waals surface area contributed by atoms with Crippen molar-refractivity contribution in [1.82, 2.24) is 15.5 Å². The van der Waals surface area contributed by atoms with Crippen LogP contribution in [0.2, 0.25) is 0 Å². The summed E-state index contributed by atoms with van der Waals surface area (Å²) in [5, 5.41) is 6.37. The summed E-state index contributed by atoms with van der Waals surface area (Å²) in [5.41, 5.74) is 0. The van der Waals surface area contributed by atoms with Crippen LogP contribution in [0.25, 0.3) is 0 Å². The molecule has 0 spiro atoms. The Balaban J connectivity index is 0.00000312. The summed E-state index contributed by atoms with van der Waals surface area (Å²) in [6.07, 6.45) is 4.47. The van der Waals surface area contributed by atoms with Crippen LogP contribution in [0.4, 0.5) is 0 Å². The van der Waals surface area contributed by atoms with E-state index in [4.69, 9.17) is 4.42 Å². The number of furan rings is 1. The number of carbonyl (C=O) groups is 1. The van der Waals surface area contributed by atoms with Gasteiger partial charge in [0.25, 0.3) is 0 Å². The zero-order valence-corrected chi connectivity index (χ0v) is 17.3. The molecule has 1 aromatic rings. The third kappa shape index (κ3) is 7.23. The predicted molar refractivity (Wildman–Crippen MR) is 108 cm³/mol. The van der Waals surface area contributed by atoms with Crippen molar-refractivity contribution in [2.24, 2.45) is 4.99 Å². The second-order valence-electron chi connectivity index (χ2n) is 5.75. The zero-order valence-electron chi connectivity index (χ0n) is 15.0. The second kappa shape index (κ2) is 12.1. The highest BCUT2D eigenvalue weighted by Gasteiger charge is 2.25. The van der Waals surface area contributed by atoms with E-state index in [0.29, 0.717) is 25.5 Å². The van der Waals surface area contributed by atoms with Gasteiger partial charge in [0, 0.05) is 13.1 Å². The Bertz CT molecular complexity index is 516. The quantitative estimate of drug-likeness (QED) is 0.266. The summed E-state index contributed by atoms with van der Waals surface area (Å²) in [6.45, 7) is 6.04. The summed E-state index contributed by atoms with van der Waals surface area (Å²) in [6, 6.07) is 4.08. The number of nitrogens with zero attached hydrogens (tertiary/aromatic N) is 2. The topological polar surface area (TPSA) is 79.1 Å². The third-order valence-corrected chi connectivity index (χ3v) is 4.07. The molecular formula is C17H29IN4O3. The molecule has 1 aromatic heterocycles. The molecule has 1 saturated heterocycles. The molecule has 2 rings (SSSR count). The third-order valence-electron chi connectivity index (χ3n) is 4.07. The molecule has 2 heterocycles. The second-order valence-corrected chi connectivity index (χ2v) is 5.75. The van der Waals surface area contributed by atoms with E-state index in [2.05, 4.69) is 25.3 Å². The number of guanidine groups is 1. The van der Waals surface area contributed by atoms with E-state index in [9.17, 15) is 4.79 Å². The number of methoxy groups -OCH3 is 1. The molecule has 0 aliphatic carbocycles. The molecule has 8 heteroatoms. The molecule has 0 saturated carbocycles. The number of nitrogens with one attached hydrogen (secondary N) is 2. The van der Waals surface area contributed by atoms with Crippen molar-refractivity contribution in [1.29, 1.82) is 0 Å². The summed E-state index contributed by atoms with van der Waals surface area (Å²) in [7, 11) is 1.39. The highest BCUT2D eigenvalue weighted by molar-refractivity contribution is 14.0. The van der Waals surface area contributed by atoms with E-state index < -0.39 is 0 Å². The van der Waals surface area contributed by atoms with Crippen molar-refractivity contribution in [3.05, 3.63) is 24.2 Å². The molecule has 1 aliphatic rings. The summed E-state index contributed by atoms with van der Waals surface area (Å²) in [5.74, 6) is 1.42. The number of hydrogen-bond donors (Lipinski definition) is 2. The number of rotatable bonds is 8. The number of aliphatic imine (C=N–C) groups is 1. The van der Waals surface area contributed by atoms with Gasteiger partial charge >= 0.3 is 5.97 Å². The van der Waals surface area contributed by atoms with Gasteiger partial charge in [0.05, 0.1) is 32.4 Å². The van der Waals surface area contributed by atoms with Crippen molar-refractivity contribution in [3.8, 4) is 0 Å². The first-order valence-corrected chi connectivity index (χ1v) is 8.61. The fourth-order valence-corrected chi connectivity index (χ4v) is 2.82. The van der Waals surface area contributed by atoms with Crippen LogP contribution in [0.15, 0.2) is 27.8 Å². The lowest BCUT2D eigenvalue weighted by molar-refractivity contribution is -0.140. The molecule has 1 fully saturated rings. The molecule has 7 nitrogen and oxygen atoms in total. The van der Waals surface area contributed by atoms with Gasteiger partial charge in [-0.15, -0.1) is 24.0 Å². The van der Waals surface area contributed by atoms with Crippen molar-refractivity contribution >= 4 is 35.9 Å². The van der Waals surface area contributed by atoms with Crippen molar-refractivity contribution in [3.63, 3.8) is 0 Å². The number of hydrogen-bond acceptors (Lipinski definition) is 5. The molecule has 1 unspecified atom stereocenters. The van der Waals surface area contributed by atoms with Crippen LogP contribution in [-0.4, -0.2) is 56.7 Å². The first-order chi connectivity index (χ1) is 11.7. The minimum atomic E-state index is -0.233. The minimum absolute atomic E-state index is 0. The molecule has 1 atom stereocenters. The first kappa shape index (κ1) is 21.8. The fourth-order valence-electron chi connectivity index (χ4n) is 2.82. The van der Waals surface area contributed by atoms with Crippen LogP contribution in [-0.2, 0) is 9.53 Å². The summed E-state index contributed by atoms with van der Waals surface area (Å²) >= 11 is 0. The fraction of sp³-hybridized carbons (Fsp3) is 0.647. The van der Waals surface area contributed by atoms with Gasteiger partial charge in [0.1, 0.15) is 5.76 Å². The van der Waals surface area contributed by atoms with Gasteiger partial charge < -0.3 is 19.8 Å². The van der Waals surface area contributed by atoms with E-state index in [1.165, 1.54) is 20.0 Å². The lowest BCUT2D eigenvalue weighted by Crippen LogP contribution is -2.39. The van der Waals surface area contributed by atoms with Gasteiger partial charge in [-0.1, -0.05) is 0 Å². The maximum atomic E-state index is 11.2. The smallest absolute Gasteiger partial charge is 0.307 e. The molecule has 0 aromatic carbocycles. The van der Waals surface area contributed by atoms with Gasteiger partial charge in [-0.05, 0) is 45.0 Å². The van der Waals surface area contributed by atoms with Crippen LogP contribution in [0.1, 0.15) is 38.0 Å². The Labute approximate surface area is 166 Å². The SMILES string of the molecule is CCNC(=NCC(c1ccco1)N1CCCC1)NCCC(=O)OC.I. The predicted octanol–water partition coefficient (Wildman–Crippen LogP) is 2.15. The van der Waals surface area contributed by atoms with E-state index in [1.54, 1.807) is 6.26 Å². The molecule has 25 heavy (non-hydrogen) atoms. The monoisotopic (exact) mass is 464 g/mol. The molecule has 2 N–H and O–H groups in total. The molecule has 0 bridgehead atoms. The highest BCUT2D eigenvalue weighted by atomic mass is 127. The van der Waals surface area contributed by atoms with E-state index in [1.807, 2.05) is 19.1 Å². The number of ether oxygens (including phenoxy) is 1. The van der Waals surface area contributed by atoms with Gasteiger partial charge in [0.15, 0.2) is 5.96 Å². The maximum absolute atomic E-state index is 11.2. The average molecular weight is 464 g/mol. The van der Waals surface area contributed by atoms with Crippen molar-refractivity contribution in [2.75, 3.05) is 39.8 Å². The van der Waals surface area contributed by atoms with Crippen LogP contribution in [0.5, 0.6) is 0 Å². The Morgan fingerprint density at radius 2 is 2.16 bits per heavy atom. The van der Waals surface area contributed by atoms with Gasteiger partial charge in [0.2, 0.25) is 0 Å². The Hall–Kier alpha value is -1.29. The summed E-state index contributed by atoms with van der Waals surface area (Å²) in [4.78, 5) is 18.3. The Kier molecular flexibility index (Phi) is 10.6. The standard InChI is InChI=1S/C17H28N4O3.HI/c1-3-18-17(19-9-8-16(22)23-2)20-13-14(15-7-6-12-24-15)21-10-4-5-11-21;/h6-7,12,14H,3-5,8-11,13H2,1-2H3,(H2,18,19,20);1H. The van der Waals surface area contributed by atoms with E-state index >= 15 is 0 Å². The first-order valence-electron chi connectivity index (χ1n) is 8.61. The van der Waals surface area contributed by atoms with Crippen LogP contribution in [0.3, 0.4) is 0 Å². The zero-order chi connectivity index (χ0) is 17.2. The van der Waals surface area contributed by atoms with Crippen LogP contribution < -0.4 is 10.6 Å². The average Bonchev–Trinajstić information content (AvgIpc) is 3.29. The normalized spacial score (nSPS) is 16.2. The molecule has 0 amide bonds. The van der Waals surface area contributed by atoms with E-state index in [0.717, 1.165) is 25.4 Å². The largest absolute Gasteiger partial charge is 0.469 e. The van der Waals surface area contributed by atoms with Crippen LogP contribution in [0, 0.1) is 0 Å². The lowest BCUT2D eigenvalue weighted by atomic mass is 10.2. The molecule has 0 radical (unpaired) electrons. The summed E-state index contributed by atoms with van der Waals surface area (Å²) < 4.78 is 10.3. The Morgan fingerprint density at radius 1 is 1.40 bits per heavy atom. The van der Waals surface area contributed by atoms with Crippen LogP contribution >= 0.6 is 24.0 Å². The minimum Gasteiger partial charge on any atom is -0.469 e. The molecular weight excluding hydrogens is 435 g/mol. The number of esters is 1. The van der Waals surface area contributed by atoms with Gasteiger partial charge in [-0.3, -0.25) is 14.7 Å². The highest BCUT2D eigenvalue weighted by Crippen LogP contribution is 2.25. The van der Waals surface area contributed by atoms with E-state index in [-0.39, 0.29) is 36.0 Å². The van der Waals surface area contributed by atoms with Crippen molar-refractivity contribution in [2.45, 2.75) is 32.2 Å². The van der Waals surface area contributed by atoms with Gasteiger partial charge in [-0.25, -0.2) is 0 Å². The number of halogens is 1. The van der Waals surface area contributed by atoms with Crippen molar-refractivity contribution < 1.29 is 13.9 Å². The Morgan fingerprint density at radius 3 is 2.76 bits per heavy atom. The molecule has 142 valence electrons. The molecule has 1 aliphatic heterocycles. The number of likely N-dealkylation sites (tertiary alicyclic amines) is 1.